The highest BCUT2D eigenvalue weighted by Crippen LogP contribution is 2.14. The molecular weight excluding hydrogens is 378 g/mol. The lowest BCUT2D eigenvalue weighted by molar-refractivity contribution is -0.147. The summed E-state index contributed by atoms with van der Waals surface area (Å²) in [6, 6.07) is -1.13. The Morgan fingerprint density at radius 3 is 1.33 bits per heavy atom. The highest BCUT2D eigenvalue weighted by atomic mass is 16.5. The first-order valence-electron chi connectivity index (χ1n) is 12.7. The third-order valence-corrected chi connectivity index (χ3v) is 5.73. The fourth-order valence-electron chi connectivity index (χ4n) is 3.67. The van der Waals surface area contributed by atoms with Crippen molar-refractivity contribution in [2.24, 2.45) is 5.73 Å². The Labute approximate surface area is 185 Å². The van der Waals surface area contributed by atoms with Gasteiger partial charge in [-0.1, -0.05) is 122 Å². The van der Waals surface area contributed by atoms with Crippen molar-refractivity contribution in [1.29, 1.82) is 0 Å². The van der Waals surface area contributed by atoms with Crippen molar-refractivity contribution >= 4 is 11.9 Å². The quantitative estimate of drug-likeness (QED) is 0.139. The summed E-state index contributed by atoms with van der Waals surface area (Å²) in [6.07, 6.45) is 25.5. The molecule has 3 N–H and O–H groups in total. The Kier molecular flexibility index (Phi) is 21.8. The second kappa shape index (κ2) is 22.6. The van der Waals surface area contributed by atoms with Crippen LogP contribution in [0.15, 0.2) is 0 Å². The van der Waals surface area contributed by atoms with Gasteiger partial charge in [0.05, 0.1) is 0 Å². The minimum atomic E-state index is -1.15. The van der Waals surface area contributed by atoms with Gasteiger partial charge in [-0.2, -0.15) is 0 Å². The molecule has 1 atom stereocenters. The Bertz CT molecular complexity index is 401. The molecule has 0 aliphatic carbocycles. The van der Waals surface area contributed by atoms with Gasteiger partial charge in [0.15, 0.2) is 0 Å². The van der Waals surface area contributed by atoms with Crippen molar-refractivity contribution in [3.05, 3.63) is 0 Å². The van der Waals surface area contributed by atoms with E-state index in [1.54, 1.807) is 0 Å². The summed E-state index contributed by atoms with van der Waals surface area (Å²) in [5.74, 6) is -1.50. The van der Waals surface area contributed by atoms with Gasteiger partial charge in [0.25, 0.3) is 0 Å². The standard InChI is InChI=1S/C25H49NO4/c1-2-3-4-5-6-7-8-9-10-11-12-13-14-15-16-17-18-19-20-21-24(27)30-22-23(26)25(28)29/h23H,2-22,26H2,1H3,(H,28,29)/t23-/m0/s1. The van der Waals surface area contributed by atoms with Crippen molar-refractivity contribution in [1.82, 2.24) is 0 Å². The van der Waals surface area contributed by atoms with E-state index in [2.05, 4.69) is 6.92 Å². The summed E-state index contributed by atoms with van der Waals surface area (Å²) < 4.78 is 4.86. The van der Waals surface area contributed by atoms with Crippen LogP contribution in [0.1, 0.15) is 135 Å². The second-order valence-corrected chi connectivity index (χ2v) is 8.74. The Morgan fingerprint density at radius 1 is 0.667 bits per heavy atom. The maximum Gasteiger partial charge on any atom is 0.324 e. The average Bonchev–Trinajstić information content (AvgIpc) is 2.73. The lowest BCUT2D eigenvalue weighted by Crippen LogP contribution is -2.35. The van der Waals surface area contributed by atoms with Crippen molar-refractivity contribution in [3.8, 4) is 0 Å². The number of esters is 1. The third kappa shape index (κ3) is 21.6. The predicted molar refractivity (Wildman–Crippen MR) is 125 cm³/mol. The second-order valence-electron chi connectivity index (χ2n) is 8.74. The van der Waals surface area contributed by atoms with E-state index < -0.39 is 12.0 Å². The van der Waals surface area contributed by atoms with Crippen LogP contribution in [0, 0.1) is 0 Å². The molecule has 0 aromatic carbocycles. The van der Waals surface area contributed by atoms with Crippen LogP contribution in [0.4, 0.5) is 0 Å². The molecule has 0 aromatic rings. The lowest BCUT2D eigenvalue weighted by Gasteiger charge is -2.07. The SMILES string of the molecule is CCCCCCCCCCCCCCCCCCCCCC(=O)OC[C@H](N)C(=O)O. The highest BCUT2D eigenvalue weighted by molar-refractivity contribution is 5.74. The smallest absolute Gasteiger partial charge is 0.324 e. The minimum absolute atomic E-state index is 0.243. The Hall–Kier alpha value is -1.10. The van der Waals surface area contributed by atoms with E-state index in [4.69, 9.17) is 15.6 Å². The van der Waals surface area contributed by atoms with Crippen LogP contribution in [-0.2, 0) is 14.3 Å². The number of carboxylic acid groups (broad SMARTS) is 1. The zero-order chi connectivity index (χ0) is 22.3. The molecule has 0 rings (SSSR count). The number of nitrogens with two attached hydrogens (primary N) is 1. The molecule has 0 amide bonds. The number of aliphatic carboxylic acids is 1. The number of rotatable bonds is 23. The van der Waals surface area contributed by atoms with E-state index in [0.29, 0.717) is 6.42 Å². The van der Waals surface area contributed by atoms with Gasteiger partial charge in [-0.3, -0.25) is 9.59 Å². The van der Waals surface area contributed by atoms with Crippen LogP contribution < -0.4 is 5.73 Å². The van der Waals surface area contributed by atoms with Crippen molar-refractivity contribution in [3.63, 3.8) is 0 Å². The van der Waals surface area contributed by atoms with Gasteiger partial charge in [0.2, 0.25) is 0 Å². The summed E-state index contributed by atoms with van der Waals surface area (Å²) in [5, 5.41) is 8.62. The first-order valence-corrected chi connectivity index (χ1v) is 12.7. The fourth-order valence-corrected chi connectivity index (χ4v) is 3.67. The molecule has 0 spiro atoms. The third-order valence-electron chi connectivity index (χ3n) is 5.73. The Morgan fingerprint density at radius 2 is 1.00 bits per heavy atom. The first kappa shape index (κ1) is 28.9. The van der Waals surface area contributed by atoms with Crippen LogP contribution in [0.25, 0.3) is 0 Å². The molecule has 0 aliphatic rings. The van der Waals surface area contributed by atoms with E-state index >= 15 is 0 Å². The molecule has 0 heterocycles. The molecule has 0 aliphatic heterocycles. The topological polar surface area (TPSA) is 89.6 Å². The molecule has 0 bridgehead atoms. The van der Waals surface area contributed by atoms with Crippen molar-refractivity contribution < 1.29 is 19.4 Å². The number of carbonyl (C=O) groups excluding carboxylic acids is 1. The number of hydrogen-bond acceptors (Lipinski definition) is 4. The number of ether oxygens (including phenoxy) is 1. The van der Waals surface area contributed by atoms with E-state index in [-0.39, 0.29) is 12.6 Å². The van der Waals surface area contributed by atoms with Gasteiger partial charge in [-0.15, -0.1) is 0 Å². The van der Waals surface area contributed by atoms with Crippen molar-refractivity contribution in [2.75, 3.05) is 6.61 Å². The maximum atomic E-state index is 11.5. The summed E-state index contributed by atoms with van der Waals surface area (Å²) >= 11 is 0. The van der Waals surface area contributed by atoms with Gasteiger partial charge in [0, 0.05) is 6.42 Å². The predicted octanol–water partition coefficient (Wildman–Crippen LogP) is 6.76. The molecule has 5 heteroatoms. The minimum Gasteiger partial charge on any atom is -0.480 e. The van der Waals surface area contributed by atoms with E-state index in [1.165, 1.54) is 103 Å². The molecule has 0 radical (unpaired) electrons. The zero-order valence-electron chi connectivity index (χ0n) is 19.7. The van der Waals surface area contributed by atoms with Gasteiger partial charge >= 0.3 is 11.9 Å². The van der Waals surface area contributed by atoms with Gasteiger partial charge in [0.1, 0.15) is 12.6 Å². The largest absolute Gasteiger partial charge is 0.480 e. The number of unbranched alkanes of at least 4 members (excludes halogenated alkanes) is 18. The monoisotopic (exact) mass is 427 g/mol. The molecule has 178 valence electrons. The van der Waals surface area contributed by atoms with Crippen LogP contribution in [-0.4, -0.2) is 29.7 Å². The van der Waals surface area contributed by atoms with E-state index in [1.807, 2.05) is 0 Å². The number of carboxylic acids is 1. The normalized spacial score (nSPS) is 12.1. The van der Waals surface area contributed by atoms with Crippen LogP contribution in [0.3, 0.4) is 0 Å². The fraction of sp³-hybridized carbons (Fsp3) is 0.920. The number of carbonyl (C=O) groups is 2. The van der Waals surface area contributed by atoms with Crippen LogP contribution >= 0.6 is 0 Å². The van der Waals surface area contributed by atoms with E-state index in [0.717, 1.165) is 19.3 Å². The Balaban J connectivity index is 3.16. The highest BCUT2D eigenvalue weighted by Gasteiger charge is 2.13. The molecular formula is C25H49NO4. The zero-order valence-corrected chi connectivity index (χ0v) is 19.7. The first-order chi connectivity index (χ1) is 14.6. The van der Waals surface area contributed by atoms with Gasteiger partial charge < -0.3 is 15.6 Å². The molecule has 0 fully saturated rings. The lowest BCUT2D eigenvalue weighted by atomic mass is 10.0. The summed E-state index contributed by atoms with van der Waals surface area (Å²) in [5.41, 5.74) is 5.29. The maximum absolute atomic E-state index is 11.5. The molecule has 30 heavy (non-hydrogen) atoms. The van der Waals surface area contributed by atoms with Crippen molar-refractivity contribution in [2.45, 2.75) is 141 Å². The molecule has 0 aromatic heterocycles. The summed E-state index contributed by atoms with van der Waals surface area (Å²) in [7, 11) is 0. The summed E-state index contributed by atoms with van der Waals surface area (Å²) in [4.78, 5) is 22.0. The molecule has 0 saturated carbocycles. The molecule has 0 saturated heterocycles. The molecule has 0 unspecified atom stereocenters. The van der Waals surface area contributed by atoms with Gasteiger partial charge in [-0.25, -0.2) is 0 Å². The summed E-state index contributed by atoms with van der Waals surface area (Å²) in [6.45, 7) is 2.03. The van der Waals surface area contributed by atoms with Crippen LogP contribution in [0.5, 0.6) is 0 Å². The van der Waals surface area contributed by atoms with Crippen LogP contribution in [0.2, 0.25) is 0 Å². The van der Waals surface area contributed by atoms with Gasteiger partial charge in [-0.05, 0) is 6.42 Å². The van der Waals surface area contributed by atoms with E-state index in [9.17, 15) is 9.59 Å². The molecule has 5 nitrogen and oxygen atoms in total. The number of hydrogen-bond donors (Lipinski definition) is 2. The average molecular weight is 428 g/mol.